The molecule has 1 nitrogen and oxygen atoms in total. The Hall–Kier alpha value is -2.72. The third kappa shape index (κ3) is 5.89. The highest BCUT2D eigenvalue weighted by Crippen LogP contribution is 2.22. The van der Waals surface area contributed by atoms with Gasteiger partial charge in [-0.05, 0) is 72.0 Å². The molecule has 3 rings (SSSR count). The van der Waals surface area contributed by atoms with Crippen molar-refractivity contribution in [3.63, 3.8) is 0 Å². The molecule has 3 aromatic rings. The number of benzene rings is 3. The van der Waals surface area contributed by atoms with Crippen molar-refractivity contribution >= 4 is 10.8 Å². The van der Waals surface area contributed by atoms with Gasteiger partial charge in [-0.3, -0.25) is 0 Å². The summed E-state index contributed by atoms with van der Waals surface area (Å²) in [5.41, 5.74) is 3.52. The maximum absolute atomic E-state index is 5.72. The summed E-state index contributed by atoms with van der Waals surface area (Å²) in [4.78, 5) is 0. The average Bonchev–Trinajstić information content (AvgIpc) is 2.74. The Morgan fingerprint density at radius 3 is 2.18 bits per heavy atom. The summed E-state index contributed by atoms with van der Waals surface area (Å²) < 4.78 is 5.72. The van der Waals surface area contributed by atoms with Gasteiger partial charge in [0.05, 0.1) is 6.61 Å². The second-order valence-corrected chi connectivity index (χ2v) is 7.33. The van der Waals surface area contributed by atoms with E-state index in [1.54, 1.807) is 0 Å². The quantitative estimate of drug-likeness (QED) is 0.302. The SMILES string of the molecule is CCCCCCc1ccc(C#Cc2ccc3cc(OCCC)ccc3c2)cc1. The lowest BCUT2D eigenvalue weighted by molar-refractivity contribution is 0.318. The van der Waals surface area contributed by atoms with E-state index in [0.717, 1.165) is 29.9 Å². The van der Waals surface area contributed by atoms with Crippen LogP contribution in [0.15, 0.2) is 60.7 Å². The van der Waals surface area contributed by atoms with E-state index in [9.17, 15) is 0 Å². The molecule has 0 aliphatic heterocycles. The number of aryl methyl sites for hydroxylation is 1. The van der Waals surface area contributed by atoms with E-state index in [0.29, 0.717) is 0 Å². The van der Waals surface area contributed by atoms with Crippen LogP contribution in [0.2, 0.25) is 0 Å². The van der Waals surface area contributed by atoms with Crippen LogP contribution < -0.4 is 4.74 Å². The minimum atomic E-state index is 0.757. The molecule has 0 radical (unpaired) electrons. The van der Waals surface area contributed by atoms with E-state index in [1.807, 2.05) is 6.07 Å². The van der Waals surface area contributed by atoms with Gasteiger partial charge < -0.3 is 4.74 Å². The molecular weight excluding hydrogens is 340 g/mol. The zero-order chi connectivity index (χ0) is 19.6. The predicted molar refractivity (Wildman–Crippen MR) is 120 cm³/mol. The monoisotopic (exact) mass is 370 g/mol. The molecule has 0 aliphatic rings. The van der Waals surface area contributed by atoms with E-state index >= 15 is 0 Å². The van der Waals surface area contributed by atoms with Crippen LogP contribution >= 0.6 is 0 Å². The molecule has 0 aliphatic carbocycles. The Labute approximate surface area is 169 Å². The Bertz CT molecular complexity index is 941. The first kappa shape index (κ1) is 20.0. The van der Waals surface area contributed by atoms with Crippen molar-refractivity contribution < 1.29 is 4.74 Å². The van der Waals surface area contributed by atoms with Crippen molar-refractivity contribution in [2.45, 2.75) is 52.4 Å². The molecular formula is C27H30O. The van der Waals surface area contributed by atoms with Crippen LogP contribution in [0.25, 0.3) is 10.8 Å². The van der Waals surface area contributed by atoms with Crippen LogP contribution in [0.1, 0.15) is 62.6 Å². The topological polar surface area (TPSA) is 9.23 Å². The standard InChI is InChI=1S/C27H30O/c1-3-5-6-7-8-22-9-11-23(12-10-22)13-14-24-15-16-26-21-27(28-19-4-2)18-17-25(26)20-24/h9-12,15-18,20-21H,3-8,19H2,1-2H3. The van der Waals surface area contributed by atoms with Gasteiger partial charge in [-0.1, -0.05) is 69.2 Å². The predicted octanol–water partition coefficient (Wildman–Crippen LogP) is 7.15. The first-order chi connectivity index (χ1) is 13.8. The lowest BCUT2D eigenvalue weighted by Gasteiger charge is -2.06. The van der Waals surface area contributed by atoms with Gasteiger partial charge in [0.2, 0.25) is 0 Å². The van der Waals surface area contributed by atoms with Gasteiger partial charge in [0.15, 0.2) is 0 Å². The highest BCUT2D eigenvalue weighted by atomic mass is 16.5. The summed E-state index contributed by atoms with van der Waals surface area (Å²) >= 11 is 0. The van der Waals surface area contributed by atoms with Crippen LogP contribution in [0.5, 0.6) is 5.75 Å². The van der Waals surface area contributed by atoms with E-state index in [2.05, 4.69) is 80.3 Å². The lowest BCUT2D eigenvalue weighted by Crippen LogP contribution is -1.94. The van der Waals surface area contributed by atoms with E-state index in [4.69, 9.17) is 4.74 Å². The van der Waals surface area contributed by atoms with Crippen LogP contribution in [0, 0.1) is 11.8 Å². The van der Waals surface area contributed by atoms with Gasteiger partial charge in [-0.25, -0.2) is 0 Å². The van der Waals surface area contributed by atoms with Gasteiger partial charge in [-0.2, -0.15) is 0 Å². The van der Waals surface area contributed by atoms with Crippen molar-refractivity contribution in [3.05, 3.63) is 77.4 Å². The largest absolute Gasteiger partial charge is 0.494 e. The summed E-state index contributed by atoms with van der Waals surface area (Å²) in [6.45, 7) is 5.13. The molecule has 0 spiro atoms. The third-order valence-corrected chi connectivity index (χ3v) is 4.91. The molecule has 3 aromatic carbocycles. The average molecular weight is 371 g/mol. The maximum Gasteiger partial charge on any atom is 0.119 e. The van der Waals surface area contributed by atoms with Gasteiger partial charge in [0, 0.05) is 11.1 Å². The van der Waals surface area contributed by atoms with E-state index in [-0.39, 0.29) is 0 Å². The molecule has 0 bridgehead atoms. The fourth-order valence-corrected chi connectivity index (χ4v) is 3.27. The van der Waals surface area contributed by atoms with Crippen molar-refractivity contribution in [3.8, 4) is 17.6 Å². The molecule has 0 atom stereocenters. The number of hydrogen-bond donors (Lipinski definition) is 0. The lowest BCUT2D eigenvalue weighted by atomic mass is 10.0. The molecule has 144 valence electrons. The first-order valence-corrected chi connectivity index (χ1v) is 10.6. The summed E-state index contributed by atoms with van der Waals surface area (Å²) in [6.07, 6.45) is 7.42. The first-order valence-electron chi connectivity index (χ1n) is 10.6. The zero-order valence-corrected chi connectivity index (χ0v) is 17.1. The maximum atomic E-state index is 5.72. The number of fused-ring (bicyclic) bond motifs is 1. The molecule has 0 amide bonds. The smallest absolute Gasteiger partial charge is 0.119 e. The van der Waals surface area contributed by atoms with Gasteiger partial charge in [-0.15, -0.1) is 0 Å². The summed E-state index contributed by atoms with van der Waals surface area (Å²) in [7, 11) is 0. The van der Waals surface area contributed by atoms with Crippen LogP contribution in [0.4, 0.5) is 0 Å². The van der Waals surface area contributed by atoms with Gasteiger partial charge >= 0.3 is 0 Å². The molecule has 0 unspecified atom stereocenters. The highest BCUT2D eigenvalue weighted by Gasteiger charge is 1.99. The summed E-state index contributed by atoms with van der Waals surface area (Å²) in [6, 6.07) is 21.3. The second-order valence-electron chi connectivity index (χ2n) is 7.33. The van der Waals surface area contributed by atoms with Crippen molar-refractivity contribution in [1.29, 1.82) is 0 Å². The Morgan fingerprint density at radius 2 is 1.39 bits per heavy atom. The minimum absolute atomic E-state index is 0.757. The molecule has 0 heterocycles. The van der Waals surface area contributed by atoms with E-state index < -0.39 is 0 Å². The van der Waals surface area contributed by atoms with Crippen LogP contribution in [0.3, 0.4) is 0 Å². The Kier molecular flexibility index (Phi) is 7.56. The molecule has 0 N–H and O–H groups in total. The van der Waals surface area contributed by atoms with Crippen molar-refractivity contribution in [1.82, 2.24) is 0 Å². The molecule has 0 fully saturated rings. The number of ether oxygens (including phenoxy) is 1. The minimum Gasteiger partial charge on any atom is -0.494 e. The van der Waals surface area contributed by atoms with E-state index in [1.165, 1.54) is 48.4 Å². The molecule has 28 heavy (non-hydrogen) atoms. The van der Waals surface area contributed by atoms with Gasteiger partial charge in [0.25, 0.3) is 0 Å². The fourth-order valence-electron chi connectivity index (χ4n) is 3.27. The summed E-state index contributed by atoms with van der Waals surface area (Å²) in [5, 5.41) is 2.38. The number of unbranched alkanes of at least 4 members (excludes halogenated alkanes) is 3. The van der Waals surface area contributed by atoms with Gasteiger partial charge in [0.1, 0.15) is 5.75 Å². The summed E-state index contributed by atoms with van der Waals surface area (Å²) in [5.74, 6) is 7.53. The molecule has 1 heteroatoms. The normalized spacial score (nSPS) is 10.5. The fraction of sp³-hybridized carbons (Fsp3) is 0.333. The Balaban J connectivity index is 1.65. The molecule has 0 saturated carbocycles. The highest BCUT2D eigenvalue weighted by molar-refractivity contribution is 5.85. The van der Waals surface area contributed by atoms with Crippen molar-refractivity contribution in [2.75, 3.05) is 6.61 Å². The third-order valence-electron chi connectivity index (χ3n) is 4.91. The van der Waals surface area contributed by atoms with Crippen molar-refractivity contribution in [2.24, 2.45) is 0 Å². The molecule has 0 aromatic heterocycles. The van der Waals surface area contributed by atoms with Crippen LogP contribution in [-0.2, 0) is 6.42 Å². The zero-order valence-electron chi connectivity index (χ0n) is 17.1. The molecule has 0 saturated heterocycles. The van der Waals surface area contributed by atoms with Crippen LogP contribution in [-0.4, -0.2) is 6.61 Å². The number of hydrogen-bond acceptors (Lipinski definition) is 1. The Morgan fingerprint density at radius 1 is 0.679 bits per heavy atom. The second kappa shape index (κ2) is 10.6. The number of rotatable bonds is 8.